The van der Waals surface area contributed by atoms with Crippen molar-refractivity contribution in [1.82, 2.24) is 4.98 Å². The van der Waals surface area contributed by atoms with Gasteiger partial charge in [0.2, 0.25) is 0 Å². The molecular weight excluding hydrogens is 268 g/mol. The second-order valence-electron chi connectivity index (χ2n) is 4.69. The minimum absolute atomic E-state index is 0.355. The molecule has 0 N–H and O–H groups in total. The lowest BCUT2D eigenvalue weighted by Crippen LogP contribution is -2.29. The van der Waals surface area contributed by atoms with Gasteiger partial charge in [0.15, 0.2) is 0 Å². The van der Waals surface area contributed by atoms with Crippen molar-refractivity contribution in [3.8, 4) is 5.75 Å². The minimum atomic E-state index is -0.504. The average molecular weight is 282 g/mol. The predicted molar refractivity (Wildman–Crippen MR) is 77.4 cm³/mol. The van der Waals surface area contributed by atoms with Gasteiger partial charge in [-0.2, -0.15) is 0 Å². The van der Waals surface area contributed by atoms with Gasteiger partial charge in [-0.1, -0.05) is 0 Å². The van der Waals surface area contributed by atoms with Crippen molar-refractivity contribution < 1.29 is 14.3 Å². The van der Waals surface area contributed by atoms with Gasteiger partial charge < -0.3 is 9.64 Å². The summed E-state index contributed by atoms with van der Waals surface area (Å²) in [5.74, 6) is -0.390. The first-order valence-corrected chi connectivity index (χ1v) is 6.72. The first-order chi connectivity index (χ1) is 10.2. The van der Waals surface area contributed by atoms with Crippen molar-refractivity contribution >= 4 is 17.4 Å². The Kier molecular flexibility index (Phi) is 3.39. The largest absolute Gasteiger partial charge is 0.494 e. The lowest BCUT2D eigenvalue weighted by Gasteiger charge is -2.16. The molecule has 1 aromatic carbocycles. The number of amides is 1. The number of rotatable bonds is 4. The molecule has 0 saturated heterocycles. The Balaban J connectivity index is 1.95. The molecule has 0 aliphatic carbocycles. The van der Waals surface area contributed by atoms with E-state index in [9.17, 15) is 9.59 Å². The highest BCUT2D eigenvalue weighted by atomic mass is 16.5. The van der Waals surface area contributed by atoms with Crippen LogP contribution in [0.5, 0.6) is 5.75 Å². The second kappa shape index (κ2) is 5.36. The highest BCUT2D eigenvalue weighted by Gasteiger charge is 2.36. The van der Waals surface area contributed by atoms with Crippen molar-refractivity contribution in [2.45, 2.75) is 13.5 Å². The van der Waals surface area contributed by atoms with Crippen molar-refractivity contribution in [3.63, 3.8) is 0 Å². The lowest BCUT2D eigenvalue weighted by molar-refractivity contribution is -0.114. The first kappa shape index (κ1) is 13.3. The highest BCUT2D eigenvalue weighted by molar-refractivity contribution is 6.52. The quantitative estimate of drug-likeness (QED) is 0.807. The summed E-state index contributed by atoms with van der Waals surface area (Å²) in [5, 5.41) is 0. The van der Waals surface area contributed by atoms with E-state index in [1.807, 2.05) is 19.1 Å². The maximum Gasteiger partial charge on any atom is 0.299 e. The number of hydrogen-bond acceptors (Lipinski definition) is 4. The monoisotopic (exact) mass is 282 g/mol. The van der Waals surface area contributed by atoms with E-state index in [1.165, 1.54) is 4.90 Å². The number of fused-ring (bicyclic) bond motifs is 1. The van der Waals surface area contributed by atoms with Crippen LogP contribution in [0.3, 0.4) is 0 Å². The molecule has 1 aromatic heterocycles. The van der Waals surface area contributed by atoms with Crippen LogP contribution in [0.25, 0.3) is 0 Å². The third-order valence-corrected chi connectivity index (χ3v) is 3.34. The molecule has 1 amide bonds. The van der Waals surface area contributed by atoms with E-state index in [4.69, 9.17) is 4.74 Å². The summed E-state index contributed by atoms with van der Waals surface area (Å²) in [6, 6.07) is 8.80. The molecule has 0 unspecified atom stereocenters. The summed E-state index contributed by atoms with van der Waals surface area (Å²) in [5.41, 5.74) is 1.96. The van der Waals surface area contributed by atoms with E-state index in [1.54, 1.807) is 30.6 Å². The Morgan fingerprint density at radius 3 is 2.62 bits per heavy atom. The van der Waals surface area contributed by atoms with E-state index in [-0.39, 0.29) is 0 Å². The molecule has 2 heterocycles. The van der Waals surface area contributed by atoms with Gasteiger partial charge in [-0.3, -0.25) is 14.6 Å². The third kappa shape index (κ3) is 2.38. The van der Waals surface area contributed by atoms with E-state index in [0.717, 1.165) is 5.56 Å². The fourth-order valence-electron chi connectivity index (χ4n) is 2.36. The number of ether oxygens (including phenoxy) is 1. The summed E-state index contributed by atoms with van der Waals surface area (Å²) < 4.78 is 5.38. The van der Waals surface area contributed by atoms with Crippen LogP contribution in [0.4, 0.5) is 5.69 Å². The molecule has 0 fully saturated rings. The summed E-state index contributed by atoms with van der Waals surface area (Å²) in [4.78, 5) is 29.7. The van der Waals surface area contributed by atoms with Gasteiger partial charge in [0.05, 0.1) is 24.4 Å². The predicted octanol–water partition coefficient (Wildman–Crippen LogP) is 2.21. The number of carbonyl (C=O) groups excluding carboxylic acids is 2. The molecule has 3 rings (SSSR count). The zero-order chi connectivity index (χ0) is 14.8. The number of anilines is 1. The lowest BCUT2D eigenvalue weighted by atomic mass is 10.1. The second-order valence-corrected chi connectivity index (χ2v) is 4.69. The Morgan fingerprint density at radius 2 is 1.90 bits per heavy atom. The number of Topliss-reactive ketones (excluding diaryl/α,β-unsaturated/α-hetero) is 1. The van der Waals surface area contributed by atoms with Gasteiger partial charge in [0, 0.05) is 12.4 Å². The zero-order valence-electron chi connectivity index (χ0n) is 11.6. The van der Waals surface area contributed by atoms with Gasteiger partial charge in [-0.25, -0.2) is 0 Å². The summed E-state index contributed by atoms with van der Waals surface area (Å²) in [7, 11) is 0. The fourth-order valence-corrected chi connectivity index (χ4v) is 2.36. The van der Waals surface area contributed by atoms with Crippen molar-refractivity contribution in [2.75, 3.05) is 11.5 Å². The van der Waals surface area contributed by atoms with Crippen LogP contribution in [-0.4, -0.2) is 23.3 Å². The van der Waals surface area contributed by atoms with E-state index in [2.05, 4.69) is 4.98 Å². The van der Waals surface area contributed by atoms with Crippen molar-refractivity contribution in [1.29, 1.82) is 0 Å². The maximum atomic E-state index is 12.2. The Labute approximate surface area is 122 Å². The molecule has 0 radical (unpaired) electrons. The van der Waals surface area contributed by atoms with Crippen LogP contribution in [-0.2, 0) is 11.3 Å². The highest BCUT2D eigenvalue weighted by Crippen LogP contribution is 2.33. The summed E-state index contributed by atoms with van der Waals surface area (Å²) in [6.45, 7) is 2.74. The molecule has 1 aliphatic heterocycles. The topological polar surface area (TPSA) is 59.5 Å². The molecule has 0 bridgehead atoms. The van der Waals surface area contributed by atoms with Crippen LogP contribution < -0.4 is 9.64 Å². The number of aromatic nitrogens is 1. The van der Waals surface area contributed by atoms with Crippen LogP contribution >= 0.6 is 0 Å². The Hall–Kier alpha value is -2.69. The van der Waals surface area contributed by atoms with Crippen LogP contribution in [0, 0.1) is 0 Å². The normalized spacial score (nSPS) is 13.5. The number of carbonyl (C=O) groups is 2. The molecule has 1 aliphatic rings. The van der Waals surface area contributed by atoms with Gasteiger partial charge >= 0.3 is 0 Å². The van der Waals surface area contributed by atoms with Gasteiger partial charge in [0.1, 0.15) is 5.75 Å². The van der Waals surface area contributed by atoms with Gasteiger partial charge in [0.25, 0.3) is 11.7 Å². The van der Waals surface area contributed by atoms with Crippen LogP contribution in [0.15, 0.2) is 42.7 Å². The van der Waals surface area contributed by atoms with Crippen molar-refractivity contribution in [2.24, 2.45) is 0 Å². The molecular formula is C16H14N2O3. The van der Waals surface area contributed by atoms with E-state index in [0.29, 0.717) is 30.2 Å². The first-order valence-electron chi connectivity index (χ1n) is 6.72. The van der Waals surface area contributed by atoms with E-state index >= 15 is 0 Å². The fraction of sp³-hybridized carbons (Fsp3) is 0.188. The standard InChI is InChI=1S/C16H14N2O3/c1-2-21-12-3-4-14-13(9-12)15(19)16(20)18(14)10-11-5-7-17-8-6-11/h3-9H,2,10H2,1H3. The minimum Gasteiger partial charge on any atom is -0.494 e. The molecule has 106 valence electrons. The number of nitrogens with zero attached hydrogens (tertiary/aromatic N) is 2. The molecule has 0 saturated carbocycles. The van der Waals surface area contributed by atoms with Crippen LogP contribution in [0.1, 0.15) is 22.8 Å². The molecule has 2 aromatic rings. The number of pyridine rings is 1. The Bertz CT molecular complexity index is 698. The molecule has 0 spiro atoms. The number of benzene rings is 1. The van der Waals surface area contributed by atoms with Gasteiger partial charge in [-0.05, 0) is 42.8 Å². The van der Waals surface area contributed by atoms with E-state index < -0.39 is 11.7 Å². The molecule has 5 nitrogen and oxygen atoms in total. The SMILES string of the molecule is CCOc1ccc2c(c1)C(=O)C(=O)N2Cc1ccncc1. The van der Waals surface area contributed by atoms with Crippen LogP contribution in [0.2, 0.25) is 0 Å². The number of hydrogen-bond donors (Lipinski definition) is 0. The van der Waals surface area contributed by atoms with Crippen molar-refractivity contribution in [3.05, 3.63) is 53.9 Å². The number of ketones is 1. The summed E-state index contributed by atoms with van der Waals surface area (Å²) in [6.07, 6.45) is 3.33. The smallest absolute Gasteiger partial charge is 0.299 e. The third-order valence-electron chi connectivity index (χ3n) is 3.34. The maximum absolute atomic E-state index is 12.2. The summed E-state index contributed by atoms with van der Waals surface area (Å²) >= 11 is 0. The molecule has 21 heavy (non-hydrogen) atoms. The van der Waals surface area contributed by atoms with Gasteiger partial charge in [-0.15, -0.1) is 0 Å². The zero-order valence-corrected chi connectivity index (χ0v) is 11.6. The molecule has 0 atom stereocenters. The average Bonchev–Trinajstić information content (AvgIpc) is 2.74. The molecule has 5 heteroatoms. The Morgan fingerprint density at radius 1 is 1.14 bits per heavy atom.